The molecule has 0 radical (unpaired) electrons. The van der Waals surface area contributed by atoms with Crippen molar-refractivity contribution >= 4 is 27.8 Å². The molecule has 0 amide bonds. The second-order valence-corrected chi connectivity index (χ2v) is 6.72. The van der Waals surface area contributed by atoms with E-state index in [1.807, 2.05) is 30.3 Å². The molecule has 1 aliphatic rings. The molecule has 1 N–H and O–H groups in total. The first kappa shape index (κ1) is 16.1. The second kappa shape index (κ2) is 6.26. The Morgan fingerprint density at radius 3 is 2.48 bits per heavy atom. The highest BCUT2D eigenvalue weighted by atomic mass is 19.3. The van der Waals surface area contributed by atoms with Gasteiger partial charge in [-0.3, -0.25) is 0 Å². The highest BCUT2D eigenvalue weighted by Crippen LogP contribution is 2.38. The van der Waals surface area contributed by atoms with Gasteiger partial charge < -0.3 is 9.88 Å². The zero-order valence-corrected chi connectivity index (χ0v) is 14.4. The number of benzene rings is 2. The van der Waals surface area contributed by atoms with Crippen molar-refractivity contribution in [3.05, 3.63) is 60.2 Å². The van der Waals surface area contributed by atoms with E-state index in [1.54, 1.807) is 12.1 Å². The van der Waals surface area contributed by atoms with Gasteiger partial charge in [0.2, 0.25) is 0 Å². The Morgan fingerprint density at radius 1 is 0.963 bits per heavy atom. The number of anilines is 1. The Labute approximate surface area is 154 Å². The summed E-state index contributed by atoms with van der Waals surface area (Å²) in [4.78, 5) is 12.7. The molecular formula is C20H17F2N5. The van der Waals surface area contributed by atoms with Crippen LogP contribution in [0.15, 0.2) is 48.5 Å². The Morgan fingerprint density at radius 2 is 1.70 bits per heavy atom. The van der Waals surface area contributed by atoms with Gasteiger partial charge in [-0.05, 0) is 37.1 Å². The molecule has 27 heavy (non-hydrogen) atoms. The zero-order valence-electron chi connectivity index (χ0n) is 14.4. The Hall–Kier alpha value is -3.09. The number of aromatic nitrogens is 4. The van der Waals surface area contributed by atoms with E-state index in [2.05, 4.69) is 25.9 Å². The Kier molecular flexibility index (Phi) is 3.74. The lowest BCUT2D eigenvalue weighted by Crippen LogP contribution is -2.10. The van der Waals surface area contributed by atoms with Crippen molar-refractivity contribution in [1.29, 1.82) is 0 Å². The van der Waals surface area contributed by atoms with Crippen LogP contribution in [0.4, 0.5) is 14.6 Å². The third kappa shape index (κ3) is 2.89. The highest BCUT2D eigenvalue weighted by Gasteiger charge is 2.28. The zero-order chi connectivity index (χ0) is 18.4. The molecule has 7 heteroatoms. The van der Waals surface area contributed by atoms with Gasteiger partial charge in [0.05, 0.1) is 23.1 Å². The fourth-order valence-electron chi connectivity index (χ4n) is 3.45. The molecule has 0 bridgehead atoms. The van der Waals surface area contributed by atoms with Gasteiger partial charge in [0, 0.05) is 11.4 Å². The third-order valence-corrected chi connectivity index (χ3v) is 4.81. The van der Waals surface area contributed by atoms with Gasteiger partial charge in [-0.1, -0.05) is 24.3 Å². The maximum atomic E-state index is 13.2. The van der Waals surface area contributed by atoms with Crippen molar-refractivity contribution in [2.24, 2.45) is 0 Å². The van der Waals surface area contributed by atoms with E-state index in [-0.39, 0.29) is 0 Å². The van der Waals surface area contributed by atoms with Gasteiger partial charge in [-0.2, -0.15) is 0 Å². The lowest BCUT2D eigenvalue weighted by molar-refractivity contribution is 0.141. The number of nitrogens with zero attached hydrogens (tertiary/aromatic N) is 4. The minimum Gasteiger partial charge on any atom is -0.362 e. The van der Waals surface area contributed by atoms with Crippen LogP contribution < -0.4 is 5.32 Å². The molecule has 2 heterocycles. The molecule has 2 aromatic heterocycles. The summed E-state index contributed by atoms with van der Waals surface area (Å²) in [6.07, 6.45) is -0.440. The van der Waals surface area contributed by atoms with E-state index in [0.717, 1.165) is 35.1 Å². The van der Waals surface area contributed by atoms with Gasteiger partial charge >= 0.3 is 0 Å². The standard InChI is InChI=1S/C20H17F2N5/c21-18(22)20-25-14-6-2-1-5-13(14)19(26-20)23-11-17-24-15-7-3-4-8-16(15)27(17)12-9-10-12/h1-8,12,18H,9-11H2,(H,23,25,26). The number of nitrogens with one attached hydrogen (secondary N) is 1. The van der Waals surface area contributed by atoms with Crippen molar-refractivity contribution in [2.45, 2.75) is 31.9 Å². The first-order chi connectivity index (χ1) is 13.2. The lowest BCUT2D eigenvalue weighted by Gasteiger charge is -2.12. The van der Waals surface area contributed by atoms with Gasteiger partial charge in [0.15, 0.2) is 5.82 Å². The predicted octanol–water partition coefficient (Wildman–Crippen LogP) is 4.86. The maximum Gasteiger partial charge on any atom is 0.297 e. The molecule has 0 atom stereocenters. The first-order valence-electron chi connectivity index (χ1n) is 8.95. The molecular weight excluding hydrogens is 348 g/mol. The largest absolute Gasteiger partial charge is 0.362 e. The highest BCUT2D eigenvalue weighted by molar-refractivity contribution is 5.89. The Balaban J connectivity index is 1.53. The molecule has 1 saturated carbocycles. The number of alkyl halides is 2. The summed E-state index contributed by atoms with van der Waals surface area (Å²) in [6, 6.07) is 15.7. The van der Waals surface area contributed by atoms with Crippen LogP contribution in [0.25, 0.3) is 21.9 Å². The number of para-hydroxylation sites is 3. The van der Waals surface area contributed by atoms with Crippen LogP contribution >= 0.6 is 0 Å². The van der Waals surface area contributed by atoms with Crippen molar-refractivity contribution < 1.29 is 8.78 Å². The van der Waals surface area contributed by atoms with Crippen molar-refractivity contribution in [3.63, 3.8) is 0 Å². The number of halogens is 2. The SMILES string of the molecule is FC(F)c1nc(NCc2nc3ccccc3n2C2CC2)c2ccccc2n1. The summed E-state index contributed by atoms with van der Waals surface area (Å²) in [6.45, 7) is 0.412. The summed E-state index contributed by atoms with van der Waals surface area (Å²) in [5, 5.41) is 3.93. The molecule has 0 spiro atoms. The maximum absolute atomic E-state index is 13.2. The topological polar surface area (TPSA) is 55.6 Å². The average Bonchev–Trinajstić information content (AvgIpc) is 3.46. The third-order valence-electron chi connectivity index (χ3n) is 4.81. The lowest BCUT2D eigenvalue weighted by atomic mass is 10.2. The molecule has 4 aromatic rings. The fourth-order valence-corrected chi connectivity index (χ4v) is 3.45. The first-order valence-corrected chi connectivity index (χ1v) is 8.95. The summed E-state index contributed by atoms with van der Waals surface area (Å²) >= 11 is 0. The number of imidazole rings is 1. The van der Waals surface area contributed by atoms with E-state index >= 15 is 0 Å². The molecule has 136 valence electrons. The van der Waals surface area contributed by atoms with Crippen LogP contribution in [-0.4, -0.2) is 19.5 Å². The fraction of sp³-hybridized carbons (Fsp3) is 0.250. The van der Waals surface area contributed by atoms with Crippen LogP contribution in [0.1, 0.15) is 37.0 Å². The summed E-state index contributed by atoms with van der Waals surface area (Å²) in [7, 11) is 0. The quantitative estimate of drug-likeness (QED) is 0.548. The van der Waals surface area contributed by atoms with Crippen molar-refractivity contribution in [1.82, 2.24) is 19.5 Å². The smallest absolute Gasteiger partial charge is 0.297 e. The van der Waals surface area contributed by atoms with Gasteiger partial charge in [-0.25, -0.2) is 23.7 Å². The van der Waals surface area contributed by atoms with Crippen LogP contribution in [-0.2, 0) is 6.54 Å². The van der Waals surface area contributed by atoms with Gasteiger partial charge in [0.25, 0.3) is 6.43 Å². The monoisotopic (exact) mass is 365 g/mol. The molecule has 0 unspecified atom stereocenters. The molecule has 1 aliphatic carbocycles. The van der Waals surface area contributed by atoms with Gasteiger partial charge in [-0.15, -0.1) is 0 Å². The van der Waals surface area contributed by atoms with E-state index in [9.17, 15) is 8.78 Å². The van der Waals surface area contributed by atoms with E-state index in [0.29, 0.717) is 23.9 Å². The van der Waals surface area contributed by atoms with Crippen LogP contribution in [0.3, 0.4) is 0 Å². The summed E-state index contributed by atoms with van der Waals surface area (Å²) in [5.41, 5.74) is 2.56. The molecule has 0 aliphatic heterocycles. The molecule has 0 saturated heterocycles. The van der Waals surface area contributed by atoms with Crippen LogP contribution in [0.2, 0.25) is 0 Å². The molecule has 2 aromatic carbocycles. The van der Waals surface area contributed by atoms with E-state index in [1.165, 1.54) is 0 Å². The van der Waals surface area contributed by atoms with Gasteiger partial charge in [0.1, 0.15) is 11.6 Å². The number of hydrogen-bond acceptors (Lipinski definition) is 4. The van der Waals surface area contributed by atoms with Crippen molar-refractivity contribution in [2.75, 3.05) is 5.32 Å². The van der Waals surface area contributed by atoms with Crippen LogP contribution in [0, 0.1) is 0 Å². The minimum absolute atomic E-state index is 0.408. The minimum atomic E-state index is -2.72. The molecule has 1 fully saturated rings. The molecule has 5 rings (SSSR count). The summed E-state index contributed by atoms with van der Waals surface area (Å²) in [5.74, 6) is 0.831. The van der Waals surface area contributed by atoms with Crippen molar-refractivity contribution in [3.8, 4) is 0 Å². The van der Waals surface area contributed by atoms with Crippen LogP contribution in [0.5, 0.6) is 0 Å². The average molecular weight is 365 g/mol. The number of fused-ring (bicyclic) bond motifs is 2. The van der Waals surface area contributed by atoms with E-state index in [4.69, 9.17) is 4.98 Å². The number of rotatable bonds is 5. The second-order valence-electron chi connectivity index (χ2n) is 6.72. The number of hydrogen-bond donors (Lipinski definition) is 1. The normalized spacial score (nSPS) is 14.3. The van der Waals surface area contributed by atoms with E-state index < -0.39 is 12.2 Å². The Bertz CT molecular complexity index is 1130. The molecule has 5 nitrogen and oxygen atoms in total. The summed E-state index contributed by atoms with van der Waals surface area (Å²) < 4.78 is 28.6. The predicted molar refractivity (Wildman–Crippen MR) is 99.8 cm³/mol.